The highest BCUT2D eigenvalue weighted by atomic mass is 35.5. The summed E-state index contributed by atoms with van der Waals surface area (Å²) in [4.78, 5) is 18.6. The molecule has 4 aromatic rings. The summed E-state index contributed by atoms with van der Waals surface area (Å²) in [5, 5.41) is 7.67. The SMILES string of the molecule is CCC(=O)Nc1ccc(N2C(=S)NC(c3ccccn3)C2c2ccc(-c3cccc(Cl)c3C)o2)cc1C. The van der Waals surface area contributed by atoms with E-state index in [-0.39, 0.29) is 18.0 Å². The van der Waals surface area contributed by atoms with Crippen LogP contribution in [0.25, 0.3) is 11.3 Å². The molecule has 6 nitrogen and oxygen atoms in total. The van der Waals surface area contributed by atoms with Gasteiger partial charge >= 0.3 is 0 Å². The monoisotopic (exact) mass is 530 g/mol. The molecule has 37 heavy (non-hydrogen) atoms. The highest BCUT2D eigenvalue weighted by Gasteiger charge is 2.42. The van der Waals surface area contributed by atoms with E-state index >= 15 is 0 Å². The fraction of sp³-hybridized carbons (Fsp3) is 0.207. The fourth-order valence-corrected chi connectivity index (χ4v) is 5.15. The van der Waals surface area contributed by atoms with Crippen molar-refractivity contribution in [3.63, 3.8) is 0 Å². The average Bonchev–Trinajstić information content (AvgIpc) is 3.52. The van der Waals surface area contributed by atoms with Crippen molar-refractivity contribution < 1.29 is 9.21 Å². The maximum Gasteiger partial charge on any atom is 0.224 e. The van der Waals surface area contributed by atoms with E-state index in [0.717, 1.165) is 45.3 Å². The lowest BCUT2D eigenvalue weighted by atomic mass is 10.0. The molecule has 0 aliphatic carbocycles. The number of anilines is 2. The fourth-order valence-electron chi connectivity index (χ4n) is 4.63. The zero-order chi connectivity index (χ0) is 26.1. The first-order chi connectivity index (χ1) is 17.9. The number of aryl methyl sites for hydroxylation is 1. The molecule has 5 rings (SSSR count). The second-order valence-electron chi connectivity index (χ2n) is 9.01. The van der Waals surface area contributed by atoms with E-state index < -0.39 is 0 Å². The van der Waals surface area contributed by atoms with Crippen LogP contribution in [0.5, 0.6) is 0 Å². The number of amides is 1. The molecular weight excluding hydrogens is 504 g/mol. The maximum absolute atomic E-state index is 11.9. The topological polar surface area (TPSA) is 70.4 Å². The van der Waals surface area contributed by atoms with Crippen LogP contribution in [-0.4, -0.2) is 16.0 Å². The van der Waals surface area contributed by atoms with Crippen LogP contribution >= 0.6 is 23.8 Å². The summed E-state index contributed by atoms with van der Waals surface area (Å²) in [6.45, 7) is 5.79. The minimum Gasteiger partial charge on any atom is -0.459 e. The first kappa shape index (κ1) is 25.0. The number of carbonyl (C=O) groups is 1. The molecule has 8 heteroatoms. The molecule has 1 aliphatic heterocycles. The van der Waals surface area contributed by atoms with Crippen LogP contribution in [0.3, 0.4) is 0 Å². The number of furan rings is 1. The van der Waals surface area contributed by atoms with Gasteiger partial charge in [-0.3, -0.25) is 9.78 Å². The van der Waals surface area contributed by atoms with Crippen molar-refractivity contribution in [1.82, 2.24) is 10.3 Å². The van der Waals surface area contributed by atoms with Crippen molar-refractivity contribution in [3.8, 4) is 11.3 Å². The van der Waals surface area contributed by atoms with Crippen LogP contribution < -0.4 is 15.5 Å². The molecule has 2 unspecified atom stereocenters. The van der Waals surface area contributed by atoms with E-state index in [9.17, 15) is 4.79 Å². The average molecular weight is 531 g/mol. The molecular formula is C29H27ClN4O2S. The molecule has 2 aromatic carbocycles. The first-order valence-corrected chi connectivity index (χ1v) is 12.9. The van der Waals surface area contributed by atoms with Gasteiger partial charge in [0.25, 0.3) is 0 Å². The molecule has 0 bridgehead atoms. The number of aromatic nitrogens is 1. The number of halogens is 1. The van der Waals surface area contributed by atoms with Gasteiger partial charge < -0.3 is 20.0 Å². The zero-order valence-corrected chi connectivity index (χ0v) is 22.4. The van der Waals surface area contributed by atoms with Crippen molar-refractivity contribution in [1.29, 1.82) is 0 Å². The Kier molecular flexibility index (Phi) is 7.00. The van der Waals surface area contributed by atoms with Gasteiger partial charge in [0.15, 0.2) is 5.11 Å². The van der Waals surface area contributed by atoms with Gasteiger partial charge in [0, 0.05) is 34.6 Å². The number of rotatable bonds is 6. The largest absolute Gasteiger partial charge is 0.459 e. The first-order valence-electron chi connectivity index (χ1n) is 12.1. The molecule has 188 valence electrons. The number of hydrogen-bond acceptors (Lipinski definition) is 4. The van der Waals surface area contributed by atoms with E-state index in [4.69, 9.17) is 28.2 Å². The standard InChI is InChI=1S/C29H27ClN4O2S/c1-4-26(35)32-22-12-11-19(16-17(22)2)34-28(27(33-29(34)37)23-10-5-6-15-31-23)25-14-13-24(36-25)20-8-7-9-21(30)18(20)3/h5-16,27-28H,4H2,1-3H3,(H,32,35)(H,33,37). The lowest BCUT2D eigenvalue weighted by molar-refractivity contribution is -0.115. The maximum atomic E-state index is 11.9. The van der Waals surface area contributed by atoms with E-state index in [0.29, 0.717) is 16.6 Å². The summed E-state index contributed by atoms with van der Waals surface area (Å²) in [5.74, 6) is 1.46. The highest BCUT2D eigenvalue weighted by molar-refractivity contribution is 7.80. The second kappa shape index (κ2) is 10.4. The number of nitrogens with zero attached hydrogens (tertiary/aromatic N) is 2. The summed E-state index contributed by atoms with van der Waals surface area (Å²) in [6.07, 6.45) is 2.19. The number of hydrogen-bond donors (Lipinski definition) is 2. The molecule has 1 aliphatic rings. The van der Waals surface area contributed by atoms with Crippen LogP contribution in [0.2, 0.25) is 5.02 Å². The van der Waals surface area contributed by atoms with Crippen molar-refractivity contribution in [2.24, 2.45) is 0 Å². The van der Waals surface area contributed by atoms with Crippen molar-refractivity contribution in [2.45, 2.75) is 39.3 Å². The van der Waals surface area contributed by atoms with E-state index in [1.165, 1.54) is 0 Å². The Balaban J connectivity index is 1.58. The molecule has 1 saturated heterocycles. The molecule has 1 fully saturated rings. The number of thiocarbonyl (C=S) groups is 1. The van der Waals surface area contributed by atoms with E-state index in [1.54, 1.807) is 6.20 Å². The van der Waals surface area contributed by atoms with E-state index in [2.05, 4.69) is 20.5 Å². The van der Waals surface area contributed by atoms with Crippen molar-refractivity contribution in [2.75, 3.05) is 10.2 Å². The summed E-state index contributed by atoms with van der Waals surface area (Å²) < 4.78 is 6.48. The number of pyridine rings is 1. The smallest absolute Gasteiger partial charge is 0.224 e. The van der Waals surface area contributed by atoms with Gasteiger partial charge in [-0.05, 0) is 85.7 Å². The summed E-state index contributed by atoms with van der Waals surface area (Å²) in [6, 6.07) is 21.0. The lowest BCUT2D eigenvalue weighted by Gasteiger charge is -2.27. The van der Waals surface area contributed by atoms with Gasteiger partial charge in [0.2, 0.25) is 5.91 Å². The highest BCUT2D eigenvalue weighted by Crippen LogP contribution is 2.44. The third-order valence-electron chi connectivity index (χ3n) is 6.63. The Hall–Kier alpha value is -3.68. The molecule has 3 heterocycles. The Morgan fingerprint density at radius 2 is 1.97 bits per heavy atom. The molecule has 0 radical (unpaired) electrons. The van der Waals surface area contributed by atoms with Crippen molar-refractivity contribution >= 4 is 46.2 Å². The lowest BCUT2D eigenvalue weighted by Crippen LogP contribution is -2.29. The van der Waals surface area contributed by atoms with Gasteiger partial charge in [0.1, 0.15) is 17.6 Å². The van der Waals surface area contributed by atoms with Gasteiger partial charge in [-0.1, -0.05) is 36.7 Å². The van der Waals surface area contributed by atoms with Crippen LogP contribution in [-0.2, 0) is 4.79 Å². The number of benzene rings is 2. The molecule has 2 N–H and O–H groups in total. The number of carbonyl (C=O) groups excluding carboxylic acids is 1. The van der Waals surface area contributed by atoms with Crippen LogP contribution in [0.1, 0.15) is 48.0 Å². The summed E-state index contributed by atoms with van der Waals surface area (Å²) in [7, 11) is 0. The molecule has 2 aromatic heterocycles. The molecule has 0 saturated carbocycles. The van der Waals surface area contributed by atoms with Crippen molar-refractivity contribution in [3.05, 3.63) is 101 Å². The summed E-state index contributed by atoms with van der Waals surface area (Å²) >= 11 is 12.2. The number of nitrogens with one attached hydrogen (secondary N) is 2. The van der Waals surface area contributed by atoms with Crippen LogP contribution in [0.15, 0.2) is 77.3 Å². The quantitative estimate of drug-likeness (QED) is 0.258. The van der Waals surface area contributed by atoms with E-state index in [1.807, 2.05) is 87.5 Å². The normalized spacial score (nSPS) is 17.1. The predicted octanol–water partition coefficient (Wildman–Crippen LogP) is 7.14. The summed E-state index contributed by atoms with van der Waals surface area (Å²) in [5.41, 5.74) is 5.38. The van der Waals surface area contributed by atoms with Gasteiger partial charge in [-0.2, -0.15) is 0 Å². The minimum absolute atomic E-state index is 0.0262. The van der Waals surface area contributed by atoms with Crippen LogP contribution in [0, 0.1) is 13.8 Å². The Labute approximate surface area is 226 Å². The molecule has 1 amide bonds. The second-order valence-corrected chi connectivity index (χ2v) is 9.81. The third kappa shape index (κ3) is 4.84. The minimum atomic E-state index is -0.286. The van der Waals surface area contributed by atoms with Gasteiger partial charge in [-0.25, -0.2) is 0 Å². The predicted molar refractivity (Wildman–Crippen MR) is 152 cm³/mol. The van der Waals surface area contributed by atoms with Gasteiger partial charge in [0.05, 0.1) is 11.7 Å². The Morgan fingerprint density at radius 3 is 2.70 bits per heavy atom. The molecule has 2 atom stereocenters. The Bertz CT molecular complexity index is 1470. The van der Waals surface area contributed by atoms with Gasteiger partial charge in [-0.15, -0.1) is 0 Å². The zero-order valence-electron chi connectivity index (χ0n) is 20.8. The third-order valence-corrected chi connectivity index (χ3v) is 7.36. The Morgan fingerprint density at radius 1 is 1.14 bits per heavy atom. The van der Waals surface area contributed by atoms with Crippen LogP contribution in [0.4, 0.5) is 11.4 Å². The molecule has 0 spiro atoms.